The lowest BCUT2D eigenvalue weighted by atomic mass is 9.99. The molecule has 1 N–H and O–H groups in total. The molecule has 1 saturated heterocycles. The SMILES string of the molecule is Cc1ccc(S(=O)(=O)N(CC(=O)NCCCN2CCC(C)CC2)c2ccccc2F)cc1. The van der Waals surface area contributed by atoms with Crippen LogP contribution < -0.4 is 9.62 Å². The molecule has 0 unspecified atom stereocenters. The molecule has 1 aliphatic heterocycles. The molecular weight excluding hydrogens is 429 g/mol. The Balaban J connectivity index is 1.66. The number of rotatable bonds is 9. The van der Waals surface area contributed by atoms with E-state index in [2.05, 4.69) is 17.1 Å². The van der Waals surface area contributed by atoms with Gasteiger partial charge in [0, 0.05) is 6.54 Å². The van der Waals surface area contributed by atoms with E-state index < -0.39 is 28.3 Å². The number of sulfonamides is 1. The molecule has 2 aromatic carbocycles. The van der Waals surface area contributed by atoms with Gasteiger partial charge in [-0.2, -0.15) is 0 Å². The molecular formula is C24H32FN3O3S. The predicted molar refractivity (Wildman–Crippen MR) is 125 cm³/mol. The Bertz CT molecular complexity index is 1000. The predicted octanol–water partition coefficient (Wildman–Crippen LogP) is 3.57. The van der Waals surface area contributed by atoms with Crippen LogP contribution in [0.25, 0.3) is 0 Å². The molecule has 6 nitrogen and oxygen atoms in total. The summed E-state index contributed by atoms with van der Waals surface area (Å²) in [5.74, 6) is -0.391. The van der Waals surface area contributed by atoms with Gasteiger partial charge in [-0.25, -0.2) is 12.8 Å². The Morgan fingerprint density at radius 2 is 1.78 bits per heavy atom. The van der Waals surface area contributed by atoms with Crippen molar-refractivity contribution in [1.82, 2.24) is 10.2 Å². The number of hydrogen-bond acceptors (Lipinski definition) is 4. The Morgan fingerprint density at radius 1 is 1.12 bits per heavy atom. The Kier molecular flexibility index (Phi) is 8.26. The van der Waals surface area contributed by atoms with Crippen molar-refractivity contribution in [2.45, 2.75) is 38.0 Å². The molecule has 174 valence electrons. The van der Waals surface area contributed by atoms with Gasteiger partial charge >= 0.3 is 0 Å². The van der Waals surface area contributed by atoms with Crippen molar-refractivity contribution in [3.63, 3.8) is 0 Å². The fourth-order valence-corrected chi connectivity index (χ4v) is 5.22. The number of amides is 1. The van der Waals surface area contributed by atoms with Gasteiger partial charge in [-0.1, -0.05) is 36.8 Å². The molecule has 0 aliphatic carbocycles. The summed E-state index contributed by atoms with van der Waals surface area (Å²) in [6, 6.07) is 11.9. The van der Waals surface area contributed by atoms with Crippen LogP contribution in [0.5, 0.6) is 0 Å². The third-order valence-corrected chi connectivity index (χ3v) is 7.64. The van der Waals surface area contributed by atoms with Crippen LogP contribution in [0.3, 0.4) is 0 Å². The molecule has 0 aromatic heterocycles. The number of aryl methyl sites for hydroxylation is 1. The molecule has 1 aliphatic rings. The molecule has 8 heteroatoms. The van der Waals surface area contributed by atoms with Gasteiger partial charge in [-0.15, -0.1) is 0 Å². The smallest absolute Gasteiger partial charge is 0.264 e. The topological polar surface area (TPSA) is 69.7 Å². The first-order chi connectivity index (χ1) is 15.3. The average molecular weight is 462 g/mol. The minimum Gasteiger partial charge on any atom is -0.354 e. The van der Waals surface area contributed by atoms with Gasteiger partial charge < -0.3 is 10.2 Å². The van der Waals surface area contributed by atoms with E-state index in [1.165, 1.54) is 43.2 Å². The summed E-state index contributed by atoms with van der Waals surface area (Å²) in [6.45, 7) is 7.12. The van der Waals surface area contributed by atoms with Crippen LogP contribution in [0.4, 0.5) is 10.1 Å². The summed E-state index contributed by atoms with van der Waals surface area (Å²) < 4.78 is 41.9. The number of halogens is 1. The highest BCUT2D eigenvalue weighted by molar-refractivity contribution is 7.92. The van der Waals surface area contributed by atoms with Gasteiger partial charge in [-0.05, 0) is 76.0 Å². The fraction of sp³-hybridized carbons (Fsp3) is 0.458. The number of carbonyl (C=O) groups is 1. The molecule has 0 radical (unpaired) electrons. The highest BCUT2D eigenvalue weighted by Crippen LogP contribution is 2.26. The van der Waals surface area contributed by atoms with E-state index in [1.807, 2.05) is 6.92 Å². The van der Waals surface area contributed by atoms with Crippen molar-refractivity contribution in [3.05, 3.63) is 59.9 Å². The third-order valence-electron chi connectivity index (χ3n) is 5.87. The fourth-order valence-electron chi connectivity index (χ4n) is 3.79. The molecule has 0 spiro atoms. The van der Waals surface area contributed by atoms with E-state index >= 15 is 0 Å². The molecule has 32 heavy (non-hydrogen) atoms. The highest BCUT2D eigenvalue weighted by atomic mass is 32.2. The number of nitrogens with one attached hydrogen (secondary N) is 1. The molecule has 2 aromatic rings. The first kappa shape index (κ1) is 24.2. The summed E-state index contributed by atoms with van der Waals surface area (Å²) in [7, 11) is -4.12. The van der Waals surface area contributed by atoms with Gasteiger partial charge in [0.25, 0.3) is 10.0 Å². The normalized spacial score (nSPS) is 15.5. The van der Waals surface area contributed by atoms with Crippen LogP contribution in [0, 0.1) is 18.7 Å². The van der Waals surface area contributed by atoms with Crippen LogP contribution in [-0.4, -0.2) is 51.9 Å². The Hall–Kier alpha value is -2.45. The van der Waals surface area contributed by atoms with Crippen molar-refractivity contribution >= 4 is 21.6 Å². The number of likely N-dealkylation sites (tertiary alicyclic amines) is 1. The Morgan fingerprint density at radius 3 is 2.44 bits per heavy atom. The quantitative estimate of drug-likeness (QED) is 0.580. The monoisotopic (exact) mass is 461 g/mol. The zero-order chi connectivity index (χ0) is 23.1. The second-order valence-corrected chi connectivity index (χ2v) is 10.4. The number of carbonyl (C=O) groups excluding carboxylic acids is 1. The van der Waals surface area contributed by atoms with Gasteiger partial charge in [0.15, 0.2) is 0 Å². The number of anilines is 1. The zero-order valence-corrected chi connectivity index (χ0v) is 19.6. The summed E-state index contributed by atoms with van der Waals surface area (Å²) in [4.78, 5) is 15.0. The number of nitrogens with zero attached hydrogens (tertiary/aromatic N) is 2. The van der Waals surface area contributed by atoms with Crippen molar-refractivity contribution in [1.29, 1.82) is 0 Å². The highest BCUT2D eigenvalue weighted by Gasteiger charge is 2.29. The van der Waals surface area contributed by atoms with Crippen molar-refractivity contribution < 1.29 is 17.6 Å². The molecule has 0 atom stereocenters. The molecule has 1 fully saturated rings. The Labute approximate surface area is 190 Å². The molecule has 1 amide bonds. The number of benzene rings is 2. The number of piperidine rings is 1. The minimum absolute atomic E-state index is 0.0125. The molecule has 3 rings (SSSR count). The zero-order valence-electron chi connectivity index (χ0n) is 18.8. The van der Waals surface area contributed by atoms with E-state index in [0.29, 0.717) is 6.54 Å². The maximum Gasteiger partial charge on any atom is 0.264 e. The molecule has 0 saturated carbocycles. The average Bonchev–Trinajstić information content (AvgIpc) is 2.77. The van der Waals surface area contributed by atoms with Crippen LogP contribution in [-0.2, 0) is 14.8 Å². The van der Waals surface area contributed by atoms with E-state index in [1.54, 1.807) is 18.2 Å². The van der Waals surface area contributed by atoms with Crippen LogP contribution in [0.1, 0.15) is 31.7 Å². The first-order valence-corrected chi connectivity index (χ1v) is 12.5. The van der Waals surface area contributed by atoms with Crippen LogP contribution in [0.15, 0.2) is 53.4 Å². The third kappa shape index (κ3) is 6.29. The van der Waals surface area contributed by atoms with Crippen molar-refractivity contribution in [2.24, 2.45) is 5.92 Å². The van der Waals surface area contributed by atoms with Gasteiger partial charge in [0.05, 0.1) is 10.6 Å². The first-order valence-electron chi connectivity index (χ1n) is 11.1. The molecule has 0 bridgehead atoms. The number of para-hydroxylation sites is 1. The van der Waals surface area contributed by atoms with Gasteiger partial charge in [-0.3, -0.25) is 9.10 Å². The maximum absolute atomic E-state index is 14.5. The number of hydrogen-bond donors (Lipinski definition) is 1. The lowest BCUT2D eigenvalue weighted by Crippen LogP contribution is -2.42. The summed E-state index contributed by atoms with van der Waals surface area (Å²) in [5, 5.41) is 2.79. The summed E-state index contributed by atoms with van der Waals surface area (Å²) >= 11 is 0. The van der Waals surface area contributed by atoms with E-state index in [0.717, 1.165) is 41.8 Å². The van der Waals surface area contributed by atoms with E-state index in [-0.39, 0.29) is 10.6 Å². The largest absolute Gasteiger partial charge is 0.354 e. The van der Waals surface area contributed by atoms with Crippen molar-refractivity contribution in [2.75, 3.05) is 37.0 Å². The standard InChI is InChI=1S/C24H32FN3O3S/c1-19-8-10-21(11-9-19)32(30,31)28(23-7-4-3-6-22(23)25)18-24(29)26-14-5-15-27-16-12-20(2)13-17-27/h3-4,6-11,20H,5,12-18H2,1-2H3,(H,26,29). The van der Waals surface area contributed by atoms with Crippen LogP contribution >= 0.6 is 0 Å². The lowest BCUT2D eigenvalue weighted by Gasteiger charge is -2.30. The maximum atomic E-state index is 14.5. The lowest BCUT2D eigenvalue weighted by molar-refractivity contribution is -0.119. The van der Waals surface area contributed by atoms with Crippen LogP contribution in [0.2, 0.25) is 0 Å². The second kappa shape index (κ2) is 10.9. The minimum atomic E-state index is -4.12. The molecule has 1 heterocycles. The second-order valence-electron chi connectivity index (χ2n) is 8.50. The van der Waals surface area contributed by atoms with E-state index in [9.17, 15) is 17.6 Å². The van der Waals surface area contributed by atoms with Crippen molar-refractivity contribution in [3.8, 4) is 0 Å². The van der Waals surface area contributed by atoms with E-state index in [4.69, 9.17) is 0 Å². The van der Waals surface area contributed by atoms with Gasteiger partial charge in [0.2, 0.25) is 5.91 Å². The summed E-state index contributed by atoms with van der Waals surface area (Å²) in [6.07, 6.45) is 3.17. The summed E-state index contributed by atoms with van der Waals surface area (Å²) in [5.41, 5.74) is 0.757. The van der Waals surface area contributed by atoms with Gasteiger partial charge in [0.1, 0.15) is 12.4 Å².